The number of hydrogen-bond acceptors (Lipinski definition) is 5. The van der Waals surface area contributed by atoms with Gasteiger partial charge in [-0.1, -0.05) is 12.1 Å². The summed E-state index contributed by atoms with van der Waals surface area (Å²) >= 11 is 0. The molecular weight excluding hydrogens is 246 g/mol. The van der Waals surface area contributed by atoms with Crippen LogP contribution < -0.4 is 15.2 Å². The van der Waals surface area contributed by atoms with E-state index in [2.05, 4.69) is 0 Å². The van der Waals surface area contributed by atoms with E-state index in [9.17, 15) is 4.79 Å². The minimum atomic E-state index is -0.702. The van der Waals surface area contributed by atoms with Crippen LogP contribution in [0.1, 0.15) is 26.3 Å². The molecule has 1 aromatic carbocycles. The largest absolute Gasteiger partial charge is 0.490 e. The number of nitrogens with two attached hydrogens (primary N) is 1. The molecule has 1 atom stereocenters. The van der Waals surface area contributed by atoms with Crippen molar-refractivity contribution in [2.24, 2.45) is 5.73 Å². The molecule has 106 valence electrons. The number of ether oxygens (including phenoxy) is 3. The fourth-order valence-corrected chi connectivity index (χ4v) is 1.61. The number of carbonyl (C=O) groups excluding carboxylic acids is 1. The zero-order valence-electron chi connectivity index (χ0n) is 11.6. The van der Waals surface area contributed by atoms with Crippen LogP contribution in [-0.4, -0.2) is 25.3 Å². The third-order valence-corrected chi connectivity index (χ3v) is 2.49. The monoisotopic (exact) mass is 267 g/mol. The zero-order valence-corrected chi connectivity index (χ0v) is 11.6. The van der Waals surface area contributed by atoms with Crippen molar-refractivity contribution < 1.29 is 19.0 Å². The van der Waals surface area contributed by atoms with Crippen molar-refractivity contribution in [2.75, 3.05) is 13.2 Å². The maximum Gasteiger partial charge on any atom is 0.347 e. The lowest BCUT2D eigenvalue weighted by Crippen LogP contribution is -2.27. The molecule has 0 heterocycles. The summed E-state index contributed by atoms with van der Waals surface area (Å²) in [6, 6.07) is 5.47. The summed E-state index contributed by atoms with van der Waals surface area (Å²) < 4.78 is 16.1. The van der Waals surface area contributed by atoms with E-state index in [1.807, 2.05) is 19.1 Å². The van der Waals surface area contributed by atoms with Crippen molar-refractivity contribution in [1.29, 1.82) is 0 Å². The van der Waals surface area contributed by atoms with E-state index < -0.39 is 12.1 Å². The Morgan fingerprint density at radius 2 is 2.05 bits per heavy atom. The zero-order chi connectivity index (χ0) is 14.3. The van der Waals surface area contributed by atoms with Gasteiger partial charge in [-0.05, 0) is 26.8 Å². The van der Waals surface area contributed by atoms with Crippen LogP contribution in [0.5, 0.6) is 11.5 Å². The second kappa shape index (κ2) is 7.63. The second-order valence-corrected chi connectivity index (χ2v) is 3.89. The Hall–Kier alpha value is -1.75. The molecule has 0 amide bonds. The quantitative estimate of drug-likeness (QED) is 0.764. The average Bonchev–Trinajstić information content (AvgIpc) is 2.41. The smallest absolute Gasteiger partial charge is 0.347 e. The maximum absolute atomic E-state index is 11.6. The van der Waals surface area contributed by atoms with Gasteiger partial charge in [0.15, 0.2) is 17.6 Å². The van der Waals surface area contributed by atoms with Crippen molar-refractivity contribution in [3.8, 4) is 11.5 Å². The van der Waals surface area contributed by atoms with Gasteiger partial charge in [-0.15, -0.1) is 0 Å². The molecule has 1 aromatic rings. The third kappa shape index (κ3) is 4.13. The van der Waals surface area contributed by atoms with E-state index in [4.69, 9.17) is 19.9 Å². The number of para-hydroxylation sites is 1. The van der Waals surface area contributed by atoms with E-state index in [-0.39, 0.29) is 0 Å². The third-order valence-electron chi connectivity index (χ3n) is 2.49. The summed E-state index contributed by atoms with van der Waals surface area (Å²) in [5, 5.41) is 0. The van der Waals surface area contributed by atoms with Crippen LogP contribution in [0.3, 0.4) is 0 Å². The summed E-state index contributed by atoms with van der Waals surface area (Å²) in [4.78, 5) is 11.6. The highest BCUT2D eigenvalue weighted by atomic mass is 16.6. The van der Waals surface area contributed by atoms with Gasteiger partial charge in [0.05, 0.1) is 13.2 Å². The first kappa shape index (κ1) is 15.3. The van der Waals surface area contributed by atoms with Crippen molar-refractivity contribution in [3.63, 3.8) is 0 Å². The summed E-state index contributed by atoms with van der Waals surface area (Å²) in [5.74, 6) is 0.686. The van der Waals surface area contributed by atoms with Gasteiger partial charge < -0.3 is 19.9 Å². The van der Waals surface area contributed by atoms with Gasteiger partial charge in [-0.3, -0.25) is 0 Å². The summed E-state index contributed by atoms with van der Waals surface area (Å²) in [5.41, 5.74) is 6.47. The molecular formula is C14H21NO4. The molecule has 0 bridgehead atoms. The molecule has 0 fully saturated rings. The molecule has 0 aliphatic rings. The highest BCUT2D eigenvalue weighted by Gasteiger charge is 2.19. The van der Waals surface area contributed by atoms with E-state index in [1.165, 1.54) is 0 Å². The average molecular weight is 267 g/mol. The number of esters is 1. The fourth-order valence-electron chi connectivity index (χ4n) is 1.61. The molecule has 0 saturated carbocycles. The fraction of sp³-hybridized carbons (Fsp3) is 0.500. The SMILES string of the molecule is CCOC(=O)C(C)Oc1c(CN)cccc1OCC. The van der Waals surface area contributed by atoms with Gasteiger partial charge in [-0.2, -0.15) is 0 Å². The van der Waals surface area contributed by atoms with Crippen molar-refractivity contribution >= 4 is 5.97 Å². The number of hydrogen-bond donors (Lipinski definition) is 1. The molecule has 0 radical (unpaired) electrons. The van der Waals surface area contributed by atoms with Crippen LogP contribution in [0.15, 0.2) is 18.2 Å². The molecule has 19 heavy (non-hydrogen) atoms. The summed E-state index contributed by atoms with van der Waals surface area (Å²) in [6.07, 6.45) is -0.702. The Kier molecular flexibility index (Phi) is 6.15. The summed E-state index contributed by atoms with van der Waals surface area (Å²) in [7, 11) is 0. The van der Waals surface area contributed by atoms with E-state index in [0.29, 0.717) is 31.3 Å². The van der Waals surface area contributed by atoms with Crippen LogP contribution in [0.4, 0.5) is 0 Å². The van der Waals surface area contributed by atoms with Crippen molar-refractivity contribution in [2.45, 2.75) is 33.4 Å². The molecule has 0 aliphatic carbocycles. The molecule has 0 aliphatic heterocycles. The Balaban J connectivity index is 2.93. The Morgan fingerprint density at radius 1 is 1.32 bits per heavy atom. The molecule has 0 spiro atoms. The van der Waals surface area contributed by atoms with Crippen LogP contribution in [0.25, 0.3) is 0 Å². The van der Waals surface area contributed by atoms with Crippen LogP contribution in [0, 0.1) is 0 Å². The normalized spacial score (nSPS) is 11.8. The lowest BCUT2D eigenvalue weighted by molar-refractivity contribution is -0.150. The number of carbonyl (C=O) groups is 1. The first-order valence-electron chi connectivity index (χ1n) is 6.42. The Bertz CT molecular complexity index is 420. The van der Waals surface area contributed by atoms with Gasteiger partial charge in [-0.25, -0.2) is 4.79 Å². The molecule has 2 N–H and O–H groups in total. The first-order chi connectivity index (χ1) is 9.13. The number of benzene rings is 1. The molecule has 5 nitrogen and oxygen atoms in total. The highest BCUT2D eigenvalue weighted by molar-refractivity contribution is 5.74. The second-order valence-electron chi connectivity index (χ2n) is 3.89. The van der Waals surface area contributed by atoms with E-state index in [0.717, 1.165) is 5.56 Å². The lowest BCUT2D eigenvalue weighted by Gasteiger charge is -2.18. The van der Waals surface area contributed by atoms with Crippen LogP contribution >= 0.6 is 0 Å². The van der Waals surface area contributed by atoms with Gasteiger partial charge in [0, 0.05) is 12.1 Å². The standard InChI is InChI=1S/C14H21NO4/c1-4-17-12-8-6-7-11(9-15)13(12)19-10(3)14(16)18-5-2/h6-8,10H,4-5,9,15H2,1-3H3. The van der Waals surface area contributed by atoms with Gasteiger partial charge >= 0.3 is 5.97 Å². The van der Waals surface area contributed by atoms with Crippen molar-refractivity contribution in [1.82, 2.24) is 0 Å². The minimum absolute atomic E-state index is 0.311. The molecule has 0 saturated heterocycles. The summed E-state index contributed by atoms with van der Waals surface area (Å²) in [6.45, 7) is 6.42. The van der Waals surface area contributed by atoms with Gasteiger partial charge in [0.1, 0.15) is 0 Å². The molecule has 5 heteroatoms. The van der Waals surface area contributed by atoms with Crippen LogP contribution in [0.2, 0.25) is 0 Å². The first-order valence-corrected chi connectivity index (χ1v) is 6.42. The molecule has 1 unspecified atom stereocenters. The highest BCUT2D eigenvalue weighted by Crippen LogP contribution is 2.32. The van der Waals surface area contributed by atoms with Gasteiger partial charge in [0.25, 0.3) is 0 Å². The van der Waals surface area contributed by atoms with E-state index >= 15 is 0 Å². The minimum Gasteiger partial charge on any atom is -0.490 e. The lowest BCUT2D eigenvalue weighted by atomic mass is 10.2. The molecule has 0 aromatic heterocycles. The predicted octanol–water partition coefficient (Wildman–Crippen LogP) is 1.87. The maximum atomic E-state index is 11.6. The van der Waals surface area contributed by atoms with E-state index in [1.54, 1.807) is 19.9 Å². The van der Waals surface area contributed by atoms with Crippen molar-refractivity contribution in [3.05, 3.63) is 23.8 Å². The van der Waals surface area contributed by atoms with Crippen LogP contribution in [-0.2, 0) is 16.1 Å². The topological polar surface area (TPSA) is 70.8 Å². The molecule has 1 rings (SSSR count). The predicted molar refractivity (Wildman–Crippen MR) is 72.2 cm³/mol. The van der Waals surface area contributed by atoms with Gasteiger partial charge in [0.2, 0.25) is 0 Å². The number of rotatable bonds is 7. The Morgan fingerprint density at radius 3 is 2.63 bits per heavy atom. The Labute approximate surface area is 113 Å².